The summed E-state index contributed by atoms with van der Waals surface area (Å²) in [6.07, 6.45) is 3.66. The molecule has 1 aromatic rings. The van der Waals surface area contributed by atoms with Crippen LogP contribution < -0.4 is 10.5 Å². The Morgan fingerprint density at radius 1 is 1.46 bits per heavy atom. The Morgan fingerprint density at radius 2 is 2.23 bits per heavy atom. The summed E-state index contributed by atoms with van der Waals surface area (Å²) in [5.41, 5.74) is 5.63. The molecule has 0 unspecified atom stereocenters. The number of halogens is 1. The number of ether oxygens (including phenoxy) is 1. The first kappa shape index (κ1) is 8.78. The van der Waals surface area contributed by atoms with Crippen LogP contribution >= 0.6 is 11.6 Å². The van der Waals surface area contributed by atoms with Crippen LogP contribution in [0.3, 0.4) is 0 Å². The Labute approximate surface area is 81.9 Å². The average molecular weight is 199 g/mol. The summed E-state index contributed by atoms with van der Waals surface area (Å²) in [4.78, 5) is 4.03. The summed E-state index contributed by atoms with van der Waals surface area (Å²) in [6.45, 7) is 0. The van der Waals surface area contributed by atoms with Gasteiger partial charge in [-0.25, -0.2) is 4.98 Å². The Hall–Kier alpha value is -0.800. The Kier molecular flexibility index (Phi) is 2.38. The SMILES string of the molecule is NC1CC(Oc2ccc(Cl)cn2)C1. The molecule has 4 heteroatoms. The largest absolute Gasteiger partial charge is 0.474 e. The van der Waals surface area contributed by atoms with Gasteiger partial charge in [0.1, 0.15) is 6.10 Å². The van der Waals surface area contributed by atoms with Crippen molar-refractivity contribution < 1.29 is 4.74 Å². The molecule has 0 spiro atoms. The maximum absolute atomic E-state index is 5.68. The quantitative estimate of drug-likeness (QED) is 0.786. The number of aromatic nitrogens is 1. The van der Waals surface area contributed by atoms with E-state index in [0.717, 1.165) is 12.8 Å². The van der Waals surface area contributed by atoms with Crippen molar-refractivity contribution in [1.82, 2.24) is 4.98 Å². The molecule has 0 atom stereocenters. The van der Waals surface area contributed by atoms with Crippen molar-refractivity contribution in [1.29, 1.82) is 0 Å². The van der Waals surface area contributed by atoms with E-state index in [1.54, 1.807) is 18.3 Å². The predicted molar refractivity (Wildman–Crippen MR) is 50.9 cm³/mol. The highest BCUT2D eigenvalue weighted by molar-refractivity contribution is 6.30. The standard InChI is InChI=1S/C9H11ClN2O/c10-6-1-2-9(12-5-6)13-8-3-7(11)4-8/h1-2,5,7-8H,3-4,11H2. The predicted octanol–water partition coefficient (Wildman–Crippen LogP) is 1.60. The van der Waals surface area contributed by atoms with Crippen molar-refractivity contribution >= 4 is 11.6 Å². The molecule has 0 aromatic carbocycles. The molecule has 2 rings (SSSR count). The zero-order chi connectivity index (χ0) is 9.26. The summed E-state index contributed by atoms with van der Waals surface area (Å²) in [7, 11) is 0. The minimum atomic E-state index is 0.240. The lowest BCUT2D eigenvalue weighted by molar-refractivity contribution is 0.0958. The van der Waals surface area contributed by atoms with Crippen LogP contribution in [-0.2, 0) is 0 Å². The van der Waals surface area contributed by atoms with Gasteiger partial charge in [-0.05, 0) is 18.9 Å². The molecule has 70 valence electrons. The third kappa shape index (κ3) is 2.11. The van der Waals surface area contributed by atoms with Crippen LogP contribution in [0.2, 0.25) is 5.02 Å². The second-order valence-electron chi connectivity index (χ2n) is 3.29. The Morgan fingerprint density at radius 3 is 2.77 bits per heavy atom. The molecule has 0 aliphatic heterocycles. The molecule has 1 aliphatic carbocycles. The molecular formula is C9H11ClN2O. The number of hydrogen-bond acceptors (Lipinski definition) is 3. The van der Waals surface area contributed by atoms with Crippen molar-refractivity contribution in [2.45, 2.75) is 25.0 Å². The minimum Gasteiger partial charge on any atom is -0.474 e. The number of pyridine rings is 1. The van der Waals surface area contributed by atoms with Crippen LogP contribution in [0.25, 0.3) is 0 Å². The lowest BCUT2D eigenvalue weighted by Crippen LogP contribution is -2.43. The van der Waals surface area contributed by atoms with E-state index in [0.29, 0.717) is 16.9 Å². The molecule has 0 saturated heterocycles. The van der Waals surface area contributed by atoms with Crippen molar-refractivity contribution in [3.05, 3.63) is 23.4 Å². The molecule has 0 bridgehead atoms. The summed E-state index contributed by atoms with van der Waals surface area (Å²) in [6, 6.07) is 3.84. The zero-order valence-electron chi connectivity index (χ0n) is 7.11. The smallest absolute Gasteiger partial charge is 0.213 e. The van der Waals surface area contributed by atoms with Gasteiger partial charge in [-0.2, -0.15) is 0 Å². The summed E-state index contributed by atoms with van der Waals surface area (Å²) < 4.78 is 5.53. The van der Waals surface area contributed by atoms with Gasteiger partial charge in [0.2, 0.25) is 5.88 Å². The van der Waals surface area contributed by atoms with Crippen LogP contribution in [0.15, 0.2) is 18.3 Å². The fourth-order valence-electron chi connectivity index (χ4n) is 1.31. The highest BCUT2D eigenvalue weighted by Gasteiger charge is 2.27. The third-order valence-corrected chi connectivity index (χ3v) is 2.34. The second kappa shape index (κ2) is 3.52. The normalized spacial score (nSPS) is 26.6. The lowest BCUT2D eigenvalue weighted by Gasteiger charge is -2.31. The van der Waals surface area contributed by atoms with Crippen molar-refractivity contribution in [3.8, 4) is 5.88 Å². The zero-order valence-corrected chi connectivity index (χ0v) is 7.87. The molecule has 1 aromatic heterocycles. The second-order valence-corrected chi connectivity index (χ2v) is 3.72. The third-order valence-electron chi connectivity index (χ3n) is 2.12. The number of nitrogens with two attached hydrogens (primary N) is 1. The Bertz CT molecular complexity index is 282. The highest BCUT2D eigenvalue weighted by atomic mass is 35.5. The highest BCUT2D eigenvalue weighted by Crippen LogP contribution is 2.23. The fraction of sp³-hybridized carbons (Fsp3) is 0.444. The average Bonchev–Trinajstić information content (AvgIpc) is 2.06. The van der Waals surface area contributed by atoms with E-state index in [1.807, 2.05) is 0 Å². The van der Waals surface area contributed by atoms with Gasteiger partial charge in [0, 0.05) is 18.3 Å². The van der Waals surface area contributed by atoms with Crippen LogP contribution in [0.4, 0.5) is 0 Å². The fourth-order valence-corrected chi connectivity index (χ4v) is 1.42. The number of hydrogen-bond donors (Lipinski definition) is 1. The molecular weight excluding hydrogens is 188 g/mol. The summed E-state index contributed by atoms with van der Waals surface area (Å²) in [5.74, 6) is 0.626. The topological polar surface area (TPSA) is 48.1 Å². The molecule has 1 aliphatic rings. The molecule has 0 radical (unpaired) electrons. The van der Waals surface area contributed by atoms with Gasteiger partial charge in [-0.1, -0.05) is 11.6 Å². The first-order valence-corrected chi connectivity index (χ1v) is 4.65. The molecule has 2 N–H and O–H groups in total. The molecule has 3 nitrogen and oxygen atoms in total. The van der Waals surface area contributed by atoms with E-state index in [2.05, 4.69) is 4.98 Å². The number of nitrogens with zero attached hydrogens (tertiary/aromatic N) is 1. The van der Waals surface area contributed by atoms with Crippen molar-refractivity contribution in [2.75, 3.05) is 0 Å². The number of rotatable bonds is 2. The molecule has 13 heavy (non-hydrogen) atoms. The van der Waals surface area contributed by atoms with Gasteiger partial charge in [0.25, 0.3) is 0 Å². The lowest BCUT2D eigenvalue weighted by atomic mass is 9.90. The van der Waals surface area contributed by atoms with Crippen LogP contribution in [0.5, 0.6) is 5.88 Å². The van der Waals surface area contributed by atoms with Crippen molar-refractivity contribution in [2.24, 2.45) is 5.73 Å². The van der Waals surface area contributed by atoms with Gasteiger partial charge in [0.15, 0.2) is 0 Å². The van der Waals surface area contributed by atoms with E-state index >= 15 is 0 Å². The van der Waals surface area contributed by atoms with Crippen LogP contribution in [-0.4, -0.2) is 17.1 Å². The summed E-state index contributed by atoms with van der Waals surface area (Å²) in [5, 5.41) is 0.623. The van der Waals surface area contributed by atoms with Crippen LogP contribution in [0.1, 0.15) is 12.8 Å². The van der Waals surface area contributed by atoms with Crippen LogP contribution in [0, 0.1) is 0 Å². The van der Waals surface area contributed by atoms with E-state index in [1.165, 1.54) is 0 Å². The molecule has 1 saturated carbocycles. The maximum atomic E-state index is 5.68. The molecule has 1 fully saturated rings. The van der Waals surface area contributed by atoms with Gasteiger partial charge in [-0.3, -0.25) is 0 Å². The maximum Gasteiger partial charge on any atom is 0.213 e. The van der Waals surface area contributed by atoms with E-state index in [-0.39, 0.29) is 6.10 Å². The van der Waals surface area contributed by atoms with Gasteiger partial charge in [-0.15, -0.1) is 0 Å². The molecule has 1 heterocycles. The molecule has 0 amide bonds. The summed E-state index contributed by atoms with van der Waals surface area (Å²) >= 11 is 5.68. The van der Waals surface area contributed by atoms with Crippen molar-refractivity contribution in [3.63, 3.8) is 0 Å². The first-order chi connectivity index (χ1) is 6.24. The minimum absolute atomic E-state index is 0.240. The van der Waals surface area contributed by atoms with E-state index in [9.17, 15) is 0 Å². The first-order valence-electron chi connectivity index (χ1n) is 4.28. The Balaban J connectivity index is 1.91. The van der Waals surface area contributed by atoms with Gasteiger partial charge < -0.3 is 10.5 Å². The van der Waals surface area contributed by atoms with E-state index in [4.69, 9.17) is 22.1 Å². The van der Waals surface area contributed by atoms with Gasteiger partial charge >= 0.3 is 0 Å². The van der Waals surface area contributed by atoms with Gasteiger partial charge in [0.05, 0.1) is 5.02 Å². The monoisotopic (exact) mass is 198 g/mol. The van der Waals surface area contributed by atoms with E-state index < -0.39 is 0 Å².